The third-order valence-corrected chi connectivity index (χ3v) is 8.01. The Labute approximate surface area is 267 Å². The normalized spacial score (nSPS) is 18.4. The van der Waals surface area contributed by atoms with Crippen molar-refractivity contribution in [1.82, 2.24) is 40.1 Å². The molecule has 0 spiro atoms. The van der Waals surface area contributed by atoms with Crippen molar-refractivity contribution in [2.24, 2.45) is 0 Å². The second kappa shape index (κ2) is 12.5. The Balaban J connectivity index is 1.22. The van der Waals surface area contributed by atoms with Crippen molar-refractivity contribution in [2.45, 2.75) is 32.0 Å². The van der Waals surface area contributed by atoms with E-state index < -0.39 is 23.9 Å². The number of aryl methyl sites for hydroxylation is 1. The minimum absolute atomic E-state index is 0.0433. The molecule has 6 bridgehead atoms. The zero-order valence-corrected chi connectivity index (χ0v) is 25.2. The molecule has 1 fully saturated rings. The van der Waals surface area contributed by atoms with Crippen LogP contribution in [0.5, 0.6) is 11.5 Å². The molecular formula is C33H29FN8O5. The van der Waals surface area contributed by atoms with Gasteiger partial charge in [-0.15, -0.1) is 10.2 Å². The Bertz CT molecular complexity index is 2020. The molecule has 0 saturated carbocycles. The van der Waals surface area contributed by atoms with E-state index in [1.807, 2.05) is 13.0 Å². The van der Waals surface area contributed by atoms with Gasteiger partial charge in [0.15, 0.2) is 6.61 Å². The van der Waals surface area contributed by atoms with Crippen LogP contribution in [0.15, 0.2) is 73.2 Å². The summed E-state index contributed by atoms with van der Waals surface area (Å²) in [5.41, 5.74) is 2.89. The highest BCUT2D eigenvalue weighted by atomic mass is 19.1. The first kappa shape index (κ1) is 29.8. The van der Waals surface area contributed by atoms with Crippen LogP contribution in [0.25, 0.3) is 16.9 Å². The molecule has 7 rings (SSSR count). The summed E-state index contributed by atoms with van der Waals surface area (Å²) in [5, 5.41) is 13.9. The number of carbonyl (C=O) groups excluding carboxylic acids is 3. The highest BCUT2D eigenvalue weighted by Crippen LogP contribution is 2.26. The minimum atomic E-state index is -0.700. The molecule has 2 aliphatic rings. The van der Waals surface area contributed by atoms with E-state index in [9.17, 15) is 18.8 Å². The molecule has 238 valence electrons. The molecule has 2 aliphatic heterocycles. The molecular weight excluding hydrogens is 607 g/mol. The number of benzene rings is 2. The maximum atomic E-state index is 14.7. The fourth-order valence-corrected chi connectivity index (χ4v) is 5.66. The van der Waals surface area contributed by atoms with Gasteiger partial charge in [0.1, 0.15) is 23.4 Å². The van der Waals surface area contributed by atoms with Crippen LogP contribution in [0.1, 0.15) is 38.7 Å². The van der Waals surface area contributed by atoms with Gasteiger partial charge >= 0.3 is 0 Å². The SMILES string of the molecule is Cc1ccn2c(C(=O)N3CC[C@@H]4Oc5cc(F)cc(c5)CNC(=O)COc5cccc(c5)-c5cncc(c5)C(=O)N[C@@H]4C3)nnc2n1. The third kappa shape index (κ3) is 6.43. The molecule has 2 atom stereocenters. The number of pyridine rings is 1. The number of nitrogens with zero attached hydrogens (tertiary/aromatic N) is 6. The number of amides is 3. The molecule has 13 nitrogen and oxygen atoms in total. The number of carbonyl (C=O) groups is 3. The molecule has 47 heavy (non-hydrogen) atoms. The van der Waals surface area contributed by atoms with Crippen molar-refractivity contribution in [3.63, 3.8) is 0 Å². The number of piperidine rings is 1. The number of fused-ring (bicyclic) bond motifs is 9. The lowest BCUT2D eigenvalue weighted by Crippen LogP contribution is -2.58. The molecule has 5 aromatic rings. The molecule has 2 N–H and O–H groups in total. The fraction of sp³-hybridized carbons (Fsp3) is 0.242. The van der Waals surface area contributed by atoms with E-state index in [1.54, 1.807) is 53.7 Å². The van der Waals surface area contributed by atoms with Crippen LogP contribution < -0.4 is 20.1 Å². The zero-order valence-electron chi connectivity index (χ0n) is 25.2. The molecule has 5 heterocycles. The summed E-state index contributed by atoms with van der Waals surface area (Å²) < 4.78 is 28.2. The van der Waals surface area contributed by atoms with Gasteiger partial charge in [-0.25, -0.2) is 9.37 Å². The van der Waals surface area contributed by atoms with E-state index in [0.29, 0.717) is 29.1 Å². The van der Waals surface area contributed by atoms with Crippen LogP contribution >= 0.6 is 0 Å². The van der Waals surface area contributed by atoms with Gasteiger partial charge in [-0.3, -0.25) is 23.8 Å². The Morgan fingerprint density at radius 3 is 2.77 bits per heavy atom. The summed E-state index contributed by atoms with van der Waals surface area (Å²) in [4.78, 5) is 50.1. The van der Waals surface area contributed by atoms with E-state index in [2.05, 4.69) is 30.8 Å². The van der Waals surface area contributed by atoms with Gasteiger partial charge in [0, 0.05) is 62.0 Å². The monoisotopic (exact) mass is 636 g/mol. The van der Waals surface area contributed by atoms with E-state index in [4.69, 9.17) is 9.47 Å². The molecule has 3 aromatic heterocycles. The molecule has 0 radical (unpaired) electrons. The zero-order chi connectivity index (χ0) is 32.5. The summed E-state index contributed by atoms with van der Waals surface area (Å²) in [5.74, 6) is -0.694. The van der Waals surface area contributed by atoms with E-state index in [0.717, 1.165) is 11.3 Å². The number of ether oxygens (including phenoxy) is 2. The predicted octanol–water partition coefficient (Wildman–Crippen LogP) is 2.73. The second-order valence-corrected chi connectivity index (χ2v) is 11.4. The summed E-state index contributed by atoms with van der Waals surface area (Å²) in [6, 6.07) is 14.0. The predicted molar refractivity (Wildman–Crippen MR) is 165 cm³/mol. The van der Waals surface area contributed by atoms with Crippen molar-refractivity contribution in [3.05, 3.63) is 102 Å². The maximum Gasteiger partial charge on any atom is 0.292 e. The van der Waals surface area contributed by atoms with Crippen molar-refractivity contribution >= 4 is 23.5 Å². The number of likely N-dealkylation sites (tertiary alicyclic amines) is 1. The Hall–Kier alpha value is -5.92. The van der Waals surface area contributed by atoms with Gasteiger partial charge in [-0.2, -0.15) is 0 Å². The molecule has 2 aromatic carbocycles. The van der Waals surface area contributed by atoms with Gasteiger partial charge < -0.3 is 25.0 Å². The molecule has 3 amide bonds. The Morgan fingerprint density at radius 2 is 1.87 bits per heavy atom. The maximum absolute atomic E-state index is 14.7. The summed E-state index contributed by atoms with van der Waals surface area (Å²) in [6.07, 6.45) is 4.44. The van der Waals surface area contributed by atoms with E-state index in [1.165, 1.54) is 22.7 Å². The molecule has 1 saturated heterocycles. The number of nitrogens with one attached hydrogen (secondary N) is 2. The third-order valence-electron chi connectivity index (χ3n) is 8.01. The van der Waals surface area contributed by atoms with Gasteiger partial charge in [-0.05, 0) is 54.4 Å². The highest BCUT2D eigenvalue weighted by Gasteiger charge is 2.36. The van der Waals surface area contributed by atoms with Crippen LogP contribution in [-0.2, 0) is 11.3 Å². The van der Waals surface area contributed by atoms with Gasteiger partial charge in [0.25, 0.3) is 23.5 Å². The first-order valence-electron chi connectivity index (χ1n) is 15.0. The Kier molecular flexibility index (Phi) is 7.90. The van der Waals surface area contributed by atoms with Crippen molar-refractivity contribution in [2.75, 3.05) is 19.7 Å². The number of hydrogen-bond acceptors (Lipinski definition) is 9. The lowest BCUT2D eigenvalue weighted by molar-refractivity contribution is -0.123. The topological polar surface area (TPSA) is 153 Å². The van der Waals surface area contributed by atoms with Crippen LogP contribution in [0, 0.1) is 12.7 Å². The van der Waals surface area contributed by atoms with E-state index in [-0.39, 0.29) is 55.2 Å². The first-order valence-corrected chi connectivity index (χ1v) is 15.0. The molecule has 0 unspecified atom stereocenters. The van der Waals surface area contributed by atoms with Gasteiger partial charge in [0.2, 0.25) is 5.82 Å². The van der Waals surface area contributed by atoms with Crippen LogP contribution in [-0.4, -0.2) is 79.0 Å². The van der Waals surface area contributed by atoms with Crippen molar-refractivity contribution in [3.8, 4) is 22.6 Å². The van der Waals surface area contributed by atoms with Crippen LogP contribution in [0.2, 0.25) is 0 Å². The van der Waals surface area contributed by atoms with E-state index >= 15 is 0 Å². The average Bonchev–Trinajstić information content (AvgIpc) is 3.49. The lowest BCUT2D eigenvalue weighted by Gasteiger charge is -2.38. The highest BCUT2D eigenvalue weighted by molar-refractivity contribution is 5.95. The quantitative estimate of drug-likeness (QED) is 0.283. The average molecular weight is 637 g/mol. The first-order chi connectivity index (χ1) is 22.8. The summed E-state index contributed by atoms with van der Waals surface area (Å²) in [7, 11) is 0. The standard InChI is InChI=1S/C33H29FN8O5/c1-19-5-8-42-30(39-40-33(42)37-19)32(45)41-7-6-28-27(17-41)38-31(44)23-11-22(15-35-16-23)21-3-2-4-25(12-21)46-18-29(43)36-14-20-9-24(34)13-26(10-20)47-28/h2-5,8-13,15-16,27-28H,6-7,14,17-18H2,1H3,(H,36,43)(H,38,44)/t27-,28+/m1/s1. The Morgan fingerprint density at radius 1 is 1.00 bits per heavy atom. The van der Waals surface area contributed by atoms with Crippen molar-refractivity contribution in [1.29, 1.82) is 0 Å². The summed E-state index contributed by atoms with van der Waals surface area (Å²) >= 11 is 0. The fourth-order valence-electron chi connectivity index (χ4n) is 5.66. The number of hydrogen-bond donors (Lipinski definition) is 2. The largest absolute Gasteiger partial charge is 0.488 e. The van der Waals surface area contributed by atoms with Gasteiger partial charge in [-0.1, -0.05) is 12.1 Å². The van der Waals surface area contributed by atoms with Crippen LogP contribution in [0.4, 0.5) is 4.39 Å². The minimum Gasteiger partial charge on any atom is -0.488 e. The van der Waals surface area contributed by atoms with Gasteiger partial charge in [0.05, 0.1) is 11.6 Å². The smallest absolute Gasteiger partial charge is 0.292 e. The number of aromatic nitrogens is 5. The number of halogens is 1. The molecule has 14 heteroatoms. The summed E-state index contributed by atoms with van der Waals surface area (Å²) in [6.45, 7) is 1.97. The van der Waals surface area contributed by atoms with Crippen LogP contribution in [0.3, 0.4) is 0 Å². The van der Waals surface area contributed by atoms with Crippen molar-refractivity contribution < 1.29 is 28.2 Å². The number of rotatable bonds is 1. The second-order valence-electron chi connectivity index (χ2n) is 11.4. The molecule has 0 aliphatic carbocycles. The lowest BCUT2D eigenvalue weighted by atomic mass is 10.0.